The molecule has 0 aliphatic carbocycles. The molecular weight excluding hydrogens is 449 g/mol. The number of nitrogens with one attached hydrogen (secondary N) is 1. The van der Waals surface area contributed by atoms with Crippen LogP contribution < -0.4 is 5.32 Å². The van der Waals surface area contributed by atoms with E-state index in [1.54, 1.807) is 4.90 Å². The van der Waals surface area contributed by atoms with E-state index in [4.69, 9.17) is 0 Å². The van der Waals surface area contributed by atoms with Crippen LogP contribution in [0.1, 0.15) is 11.1 Å². The lowest BCUT2D eigenvalue weighted by molar-refractivity contribution is -0.122. The minimum absolute atomic E-state index is 0.242. The van der Waals surface area contributed by atoms with Crippen molar-refractivity contribution in [1.82, 2.24) is 4.90 Å². The van der Waals surface area contributed by atoms with Crippen molar-refractivity contribution in [2.24, 2.45) is 4.99 Å². The molecule has 0 unspecified atom stereocenters. The largest absolute Gasteiger partial charge is 0.322 e. The van der Waals surface area contributed by atoms with Crippen LogP contribution in [0.5, 0.6) is 0 Å². The van der Waals surface area contributed by atoms with E-state index in [1.807, 2.05) is 60.7 Å². The molecule has 1 aliphatic rings. The normalized spacial score (nSPS) is 15.8. The van der Waals surface area contributed by atoms with Crippen LogP contribution in [-0.2, 0) is 22.4 Å². The fourth-order valence-corrected chi connectivity index (χ4v) is 4.46. The number of hydrogen-bond donors (Lipinski definition) is 1. The zero-order valence-corrected chi connectivity index (χ0v) is 19.3. The van der Waals surface area contributed by atoms with Crippen molar-refractivity contribution in [3.05, 3.63) is 113 Å². The third-order valence-electron chi connectivity index (χ3n) is 5.22. The Bertz CT molecular complexity index is 1200. The van der Waals surface area contributed by atoms with E-state index in [-0.39, 0.29) is 11.7 Å². The Kier molecular flexibility index (Phi) is 7.88. The van der Waals surface area contributed by atoms with Crippen LogP contribution in [0.15, 0.2) is 101 Å². The van der Waals surface area contributed by atoms with Gasteiger partial charge in [-0.2, -0.15) is 0 Å². The molecule has 172 valence electrons. The second-order valence-electron chi connectivity index (χ2n) is 7.70. The summed E-state index contributed by atoms with van der Waals surface area (Å²) in [4.78, 5) is 32.2. The minimum atomic E-state index is -0.448. The predicted octanol–water partition coefficient (Wildman–Crippen LogP) is 5.06. The Morgan fingerprint density at radius 1 is 0.912 bits per heavy atom. The molecule has 4 rings (SSSR count). The standard InChI is InChI=1S/C27H24FN3O2S/c28-22-11-13-23(14-12-22)30-25(32)19-24-26(33)31(18-16-21-9-5-2-6-10-21)27(34-24)29-17-15-20-7-3-1-4-8-20/h1-14,19H,15-18H2,(H,30,32)/b24-19+,29-27?. The molecule has 0 spiro atoms. The molecule has 0 bridgehead atoms. The first kappa shape index (κ1) is 23.4. The highest BCUT2D eigenvalue weighted by molar-refractivity contribution is 8.18. The molecule has 1 saturated heterocycles. The van der Waals surface area contributed by atoms with Crippen molar-refractivity contribution in [1.29, 1.82) is 0 Å². The second kappa shape index (κ2) is 11.4. The second-order valence-corrected chi connectivity index (χ2v) is 8.71. The van der Waals surface area contributed by atoms with E-state index in [9.17, 15) is 14.0 Å². The summed E-state index contributed by atoms with van der Waals surface area (Å²) >= 11 is 1.21. The van der Waals surface area contributed by atoms with Gasteiger partial charge in [-0.15, -0.1) is 0 Å². The van der Waals surface area contributed by atoms with Gasteiger partial charge in [-0.1, -0.05) is 60.7 Å². The average molecular weight is 474 g/mol. The summed E-state index contributed by atoms with van der Waals surface area (Å²) in [7, 11) is 0. The van der Waals surface area contributed by atoms with Crippen LogP contribution in [0.25, 0.3) is 0 Å². The zero-order chi connectivity index (χ0) is 23.8. The molecule has 1 aliphatic heterocycles. The first-order valence-corrected chi connectivity index (χ1v) is 11.8. The first-order chi connectivity index (χ1) is 16.6. The van der Waals surface area contributed by atoms with Gasteiger partial charge in [-0.25, -0.2) is 4.39 Å². The molecule has 0 aromatic heterocycles. The molecule has 1 fully saturated rings. The number of aliphatic imine (C=N–C) groups is 1. The minimum Gasteiger partial charge on any atom is -0.322 e. The number of rotatable bonds is 8. The molecule has 0 radical (unpaired) electrons. The predicted molar refractivity (Wildman–Crippen MR) is 135 cm³/mol. The van der Waals surface area contributed by atoms with Crippen LogP contribution in [0, 0.1) is 5.82 Å². The highest BCUT2D eigenvalue weighted by atomic mass is 32.2. The fourth-order valence-electron chi connectivity index (χ4n) is 3.46. The Morgan fingerprint density at radius 3 is 2.18 bits per heavy atom. The molecule has 0 saturated carbocycles. The van der Waals surface area contributed by atoms with Gasteiger partial charge in [0, 0.05) is 24.9 Å². The average Bonchev–Trinajstić information content (AvgIpc) is 3.14. The van der Waals surface area contributed by atoms with E-state index in [0.717, 1.165) is 12.0 Å². The highest BCUT2D eigenvalue weighted by Crippen LogP contribution is 2.31. The summed E-state index contributed by atoms with van der Waals surface area (Å²) in [5, 5.41) is 3.26. The summed E-state index contributed by atoms with van der Waals surface area (Å²) in [5.74, 6) is -1.08. The van der Waals surface area contributed by atoms with E-state index in [2.05, 4.69) is 10.3 Å². The lowest BCUT2D eigenvalue weighted by Gasteiger charge is -2.15. The first-order valence-electron chi connectivity index (χ1n) is 11.0. The summed E-state index contributed by atoms with van der Waals surface area (Å²) in [6.07, 6.45) is 2.72. The topological polar surface area (TPSA) is 61.8 Å². The molecule has 3 aromatic carbocycles. The molecular formula is C27H24FN3O2S. The third-order valence-corrected chi connectivity index (χ3v) is 6.26. The SMILES string of the molecule is O=C(/C=C1/SC(=NCCc2ccccc2)N(CCc2ccccc2)C1=O)Nc1ccc(F)cc1. The number of hydrogen-bond acceptors (Lipinski definition) is 4. The lowest BCUT2D eigenvalue weighted by atomic mass is 10.1. The molecule has 5 nitrogen and oxygen atoms in total. The van der Waals surface area contributed by atoms with Gasteiger partial charge in [-0.3, -0.25) is 19.5 Å². The van der Waals surface area contributed by atoms with E-state index >= 15 is 0 Å². The van der Waals surface area contributed by atoms with Crippen LogP contribution >= 0.6 is 11.8 Å². The molecule has 2 amide bonds. The summed E-state index contributed by atoms with van der Waals surface area (Å²) in [5.41, 5.74) is 2.75. The van der Waals surface area contributed by atoms with Crippen molar-refractivity contribution in [2.45, 2.75) is 12.8 Å². The van der Waals surface area contributed by atoms with Gasteiger partial charge in [-0.05, 0) is 60.0 Å². The summed E-state index contributed by atoms with van der Waals surface area (Å²) in [6, 6.07) is 25.4. The number of amides is 2. The number of carbonyl (C=O) groups excluding carboxylic acids is 2. The number of anilines is 1. The van der Waals surface area contributed by atoms with Crippen LogP contribution in [-0.4, -0.2) is 35.0 Å². The quantitative estimate of drug-likeness (QED) is 0.465. The molecule has 0 atom stereocenters. The molecule has 1 heterocycles. The van der Waals surface area contributed by atoms with Crippen molar-refractivity contribution < 1.29 is 14.0 Å². The molecule has 3 aromatic rings. The fraction of sp³-hybridized carbons (Fsp3) is 0.148. The van der Waals surface area contributed by atoms with Crippen LogP contribution in [0.2, 0.25) is 0 Å². The number of carbonyl (C=O) groups is 2. The van der Waals surface area contributed by atoms with Gasteiger partial charge in [0.15, 0.2) is 5.17 Å². The van der Waals surface area contributed by atoms with Gasteiger partial charge in [0.05, 0.1) is 4.91 Å². The monoisotopic (exact) mass is 473 g/mol. The van der Waals surface area contributed by atoms with Crippen molar-refractivity contribution in [2.75, 3.05) is 18.4 Å². The van der Waals surface area contributed by atoms with Crippen molar-refractivity contribution in [3.63, 3.8) is 0 Å². The highest BCUT2D eigenvalue weighted by Gasteiger charge is 2.33. The molecule has 1 N–H and O–H groups in total. The van der Waals surface area contributed by atoms with E-state index < -0.39 is 5.91 Å². The van der Waals surface area contributed by atoms with Gasteiger partial charge in [0.25, 0.3) is 5.91 Å². The molecule has 7 heteroatoms. The number of nitrogens with zero attached hydrogens (tertiary/aromatic N) is 2. The maximum absolute atomic E-state index is 13.1. The Morgan fingerprint density at radius 2 is 1.53 bits per heavy atom. The number of amidine groups is 1. The number of thioether (sulfide) groups is 1. The van der Waals surface area contributed by atoms with Gasteiger partial charge < -0.3 is 5.32 Å². The van der Waals surface area contributed by atoms with E-state index in [1.165, 1.54) is 47.7 Å². The Labute approximate surface area is 202 Å². The van der Waals surface area contributed by atoms with Crippen LogP contribution in [0.3, 0.4) is 0 Å². The zero-order valence-electron chi connectivity index (χ0n) is 18.5. The van der Waals surface area contributed by atoms with Crippen LogP contribution in [0.4, 0.5) is 10.1 Å². The number of halogens is 1. The summed E-state index contributed by atoms with van der Waals surface area (Å²) < 4.78 is 13.1. The Hall–Kier alpha value is -3.71. The van der Waals surface area contributed by atoms with Gasteiger partial charge >= 0.3 is 0 Å². The Balaban J connectivity index is 1.48. The van der Waals surface area contributed by atoms with Crippen molar-refractivity contribution >= 4 is 34.4 Å². The number of benzene rings is 3. The van der Waals surface area contributed by atoms with Gasteiger partial charge in [0.2, 0.25) is 5.91 Å². The third kappa shape index (κ3) is 6.42. The van der Waals surface area contributed by atoms with Gasteiger partial charge in [0.1, 0.15) is 5.82 Å². The van der Waals surface area contributed by atoms with E-state index in [0.29, 0.717) is 35.3 Å². The smallest absolute Gasteiger partial charge is 0.266 e. The van der Waals surface area contributed by atoms with Crippen molar-refractivity contribution in [3.8, 4) is 0 Å². The lowest BCUT2D eigenvalue weighted by Crippen LogP contribution is -2.31. The molecule has 34 heavy (non-hydrogen) atoms. The summed E-state index contributed by atoms with van der Waals surface area (Å²) in [6.45, 7) is 1.01. The maximum atomic E-state index is 13.1. The maximum Gasteiger partial charge on any atom is 0.266 e.